The lowest BCUT2D eigenvalue weighted by molar-refractivity contribution is -0.127. The third-order valence-electron chi connectivity index (χ3n) is 7.31. The highest BCUT2D eigenvalue weighted by Gasteiger charge is 2.34. The third kappa shape index (κ3) is 6.14. The van der Waals surface area contributed by atoms with Crippen LogP contribution in [0.1, 0.15) is 43.5 Å². The molecule has 4 aromatic rings. The van der Waals surface area contributed by atoms with Gasteiger partial charge in [0.2, 0.25) is 0 Å². The monoisotopic (exact) mass is 619 g/mol. The standard InChI is InChI=1S/C33H31ClFN3O4S/c1-5-37(6-2)32(40)29-20(3)36-33-38(30(29)22-12-14-24(34)15-13-22)31(39)28(43-33)18-21-11-16-26(27(17-21)41-4)42-19-23-9-7-8-10-25(23)35/h7-18,30H,5-6,19H2,1-4H3/b28-18+/t30-/m0/s1. The smallest absolute Gasteiger partial charge is 0.271 e. The molecule has 3 aromatic carbocycles. The third-order valence-corrected chi connectivity index (χ3v) is 8.55. The van der Waals surface area contributed by atoms with E-state index in [1.165, 1.54) is 24.5 Å². The number of benzene rings is 3. The molecule has 1 atom stereocenters. The van der Waals surface area contributed by atoms with Gasteiger partial charge in [-0.05, 0) is 68.3 Å². The maximum Gasteiger partial charge on any atom is 0.271 e. The molecule has 0 radical (unpaired) electrons. The largest absolute Gasteiger partial charge is 0.493 e. The van der Waals surface area contributed by atoms with Gasteiger partial charge in [0.1, 0.15) is 12.4 Å². The van der Waals surface area contributed by atoms with Crippen LogP contribution < -0.4 is 24.4 Å². The van der Waals surface area contributed by atoms with Crippen LogP contribution in [0.25, 0.3) is 6.08 Å². The number of halogens is 2. The lowest BCUT2D eigenvalue weighted by atomic mass is 9.94. The van der Waals surface area contributed by atoms with Crippen molar-refractivity contribution >= 4 is 34.9 Å². The van der Waals surface area contributed by atoms with Crippen molar-refractivity contribution in [3.8, 4) is 11.5 Å². The fraction of sp³-hybridized carbons (Fsp3) is 0.242. The van der Waals surface area contributed by atoms with Gasteiger partial charge in [0.25, 0.3) is 11.5 Å². The van der Waals surface area contributed by atoms with E-state index in [4.69, 9.17) is 26.1 Å². The van der Waals surface area contributed by atoms with Gasteiger partial charge in [-0.25, -0.2) is 9.38 Å². The van der Waals surface area contributed by atoms with E-state index in [-0.39, 0.29) is 23.9 Å². The summed E-state index contributed by atoms with van der Waals surface area (Å²) in [4.78, 5) is 34.7. The maximum absolute atomic E-state index is 14.1. The van der Waals surface area contributed by atoms with Crippen LogP contribution in [0.3, 0.4) is 0 Å². The summed E-state index contributed by atoms with van der Waals surface area (Å²) < 4.78 is 27.5. The Kier molecular flexibility index (Phi) is 9.13. The number of hydrogen-bond acceptors (Lipinski definition) is 6. The molecule has 10 heteroatoms. The average molecular weight is 620 g/mol. The molecule has 222 valence electrons. The fourth-order valence-electron chi connectivity index (χ4n) is 5.05. The molecule has 1 amide bonds. The van der Waals surface area contributed by atoms with E-state index >= 15 is 0 Å². The van der Waals surface area contributed by atoms with Crippen molar-refractivity contribution in [2.24, 2.45) is 4.99 Å². The van der Waals surface area contributed by atoms with Gasteiger partial charge in [-0.15, -0.1) is 0 Å². The second kappa shape index (κ2) is 13.0. The van der Waals surface area contributed by atoms with Gasteiger partial charge >= 0.3 is 0 Å². The number of methoxy groups -OCH3 is 1. The zero-order valence-electron chi connectivity index (χ0n) is 24.3. The van der Waals surface area contributed by atoms with Crippen LogP contribution in [-0.2, 0) is 11.4 Å². The molecule has 0 unspecified atom stereocenters. The fourth-order valence-corrected chi connectivity index (χ4v) is 6.22. The van der Waals surface area contributed by atoms with Crippen molar-refractivity contribution in [2.45, 2.75) is 33.4 Å². The summed E-state index contributed by atoms with van der Waals surface area (Å²) in [6.45, 7) is 6.77. The molecule has 0 spiro atoms. The van der Waals surface area contributed by atoms with E-state index in [1.807, 2.05) is 32.9 Å². The summed E-state index contributed by atoms with van der Waals surface area (Å²) in [5.74, 6) is 0.390. The lowest BCUT2D eigenvalue weighted by Gasteiger charge is -2.29. The molecule has 43 heavy (non-hydrogen) atoms. The minimum Gasteiger partial charge on any atom is -0.493 e. The quantitative estimate of drug-likeness (QED) is 0.249. The predicted molar refractivity (Wildman–Crippen MR) is 167 cm³/mol. The van der Waals surface area contributed by atoms with E-state index < -0.39 is 6.04 Å². The molecule has 0 saturated heterocycles. The first-order chi connectivity index (χ1) is 20.7. The Morgan fingerprint density at radius 2 is 1.81 bits per heavy atom. The number of carbonyl (C=O) groups is 1. The number of fused-ring (bicyclic) bond motifs is 1. The Morgan fingerprint density at radius 1 is 1.09 bits per heavy atom. The molecule has 1 aromatic heterocycles. The first-order valence-corrected chi connectivity index (χ1v) is 15.1. The van der Waals surface area contributed by atoms with Gasteiger partial charge < -0.3 is 14.4 Å². The van der Waals surface area contributed by atoms with Crippen molar-refractivity contribution < 1.29 is 18.7 Å². The number of hydrogen-bond donors (Lipinski definition) is 0. The van der Waals surface area contributed by atoms with E-state index in [9.17, 15) is 14.0 Å². The number of ether oxygens (including phenoxy) is 2. The highest BCUT2D eigenvalue weighted by atomic mass is 35.5. The lowest BCUT2D eigenvalue weighted by Crippen LogP contribution is -2.43. The Labute approximate surface area is 257 Å². The van der Waals surface area contributed by atoms with Gasteiger partial charge in [0.15, 0.2) is 16.3 Å². The topological polar surface area (TPSA) is 73.1 Å². The molecule has 7 nitrogen and oxygen atoms in total. The van der Waals surface area contributed by atoms with Crippen LogP contribution in [0.4, 0.5) is 4.39 Å². The summed E-state index contributed by atoms with van der Waals surface area (Å²) in [5.41, 5.74) is 2.67. The number of aromatic nitrogens is 1. The number of amides is 1. The molecule has 1 aliphatic rings. The molecular weight excluding hydrogens is 589 g/mol. The second-order valence-electron chi connectivity index (χ2n) is 9.90. The molecule has 0 fully saturated rings. The first kappa shape index (κ1) is 30.3. The highest BCUT2D eigenvalue weighted by molar-refractivity contribution is 7.07. The Balaban J connectivity index is 1.56. The van der Waals surface area contributed by atoms with Crippen molar-refractivity contribution in [3.05, 3.63) is 125 Å². The summed E-state index contributed by atoms with van der Waals surface area (Å²) in [6, 6.07) is 18.2. The van der Waals surface area contributed by atoms with Crippen LogP contribution in [0, 0.1) is 5.82 Å². The number of likely N-dealkylation sites (N-methyl/N-ethyl adjacent to an activating group) is 1. The summed E-state index contributed by atoms with van der Waals surface area (Å²) in [6.07, 6.45) is 1.76. The highest BCUT2D eigenvalue weighted by Crippen LogP contribution is 2.32. The number of allylic oxidation sites excluding steroid dienone is 1. The van der Waals surface area contributed by atoms with Gasteiger partial charge in [-0.2, -0.15) is 0 Å². The zero-order valence-corrected chi connectivity index (χ0v) is 25.8. The van der Waals surface area contributed by atoms with Crippen molar-refractivity contribution in [1.82, 2.24) is 9.47 Å². The molecule has 0 N–H and O–H groups in total. The van der Waals surface area contributed by atoms with Crippen molar-refractivity contribution in [1.29, 1.82) is 0 Å². The normalized spacial score (nSPS) is 14.7. The van der Waals surface area contributed by atoms with E-state index in [1.54, 1.807) is 64.1 Å². The zero-order chi connectivity index (χ0) is 30.7. The Bertz CT molecular complexity index is 1880. The molecule has 2 heterocycles. The molecule has 0 bridgehead atoms. The molecule has 0 aliphatic carbocycles. The number of carbonyl (C=O) groups excluding carboxylic acids is 1. The molecule has 1 aliphatic heterocycles. The number of rotatable bonds is 9. The first-order valence-electron chi connectivity index (χ1n) is 13.9. The number of nitrogens with zero attached hydrogens (tertiary/aromatic N) is 3. The molecular formula is C33H31ClFN3O4S. The van der Waals surface area contributed by atoms with Crippen LogP contribution in [0.5, 0.6) is 11.5 Å². The summed E-state index contributed by atoms with van der Waals surface area (Å²) >= 11 is 7.43. The summed E-state index contributed by atoms with van der Waals surface area (Å²) in [7, 11) is 1.52. The Morgan fingerprint density at radius 3 is 2.49 bits per heavy atom. The van der Waals surface area contributed by atoms with Crippen LogP contribution in [0.15, 0.2) is 87.8 Å². The van der Waals surface area contributed by atoms with Crippen molar-refractivity contribution in [2.75, 3.05) is 20.2 Å². The van der Waals surface area contributed by atoms with E-state index in [0.717, 1.165) is 5.56 Å². The molecule has 5 rings (SSSR count). The van der Waals surface area contributed by atoms with Gasteiger partial charge in [-0.3, -0.25) is 14.2 Å². The van der Waals surface area contributed by atoms with Crippen molar-refractivity contribution in [3.63, 3.8) is 0 Å². The van der Waals surface area contributed by atoms with Gasteiger partial charge in [-0.1, -0.05) is 59.3 Å². The SMILES string of the molecule is CCN(CC)C(=O)C1=C(C)N=c2s/c(=C/c3ccc(OCc4ccccc4F)c(OC)c3)c(=O)n2[C@H]1c1ccc(Cl)cc1. The average Bonchev–Trinajstić information content (AvgIpc) is 3.31. The molecule has 0 saturated carbocycles. The van der Waals surface area contributed by atoms with Gasteiger partial charge in [0, 0.05) is 23.7 Å². The van der Waals surface area contributed by atoms with Crippen LogP contribution in [0.2, 0.25) is 5.02 Å². The minimum absolute atomic E-state index is 0.0412. The Hall–Kier alpha value is -4.21. The van der Waals surface area contributed by atoms with Crippen LogP contribution in [-0.4, -0.2) is 35.6 Å². The van der Waals surface area contributed by atoms with Crippen LogP contribution >= 0.6 is 22.9 Å². The van der Waals surface area contributed by atoms with Gasteiger partial charge in [0.05, 0.1) is 29.0 Å². The second-order valence-corrected chi connectivity index (χ2v) is 11.3. The van der Waals surface area contributed by atoms with E-state index in [0.29, 0.717) is 61.3 Å². The summed E-state index contributed by atoms with van der Waals surface area (Å²) in [5, 5.41) is 0.559. The van der Waals surface area contributed by atoms with E-state index in [2.05, 4.69) is 0 Å². The predicted octanol–water partition coefficient (Wildman–Crippen LogP) is 5.48. The maximum atomic E-state index is 14.1. The number of thiazole rings is 1. The minimum atomic E-state index is -0.660.